The Labute approximate surface area is 96.3 Å². The molecule has 1 radical (unpaired) electrons. The van der Waals surface area contributed by atoms with Crippen LogP contribution in [-0.4, -0.2) is 4.98 Å². The van der Waals surface area contributed by atoms with Crippen LogP contribution in [0.4, 0.5) is 0 Å². The van der Waals surface area contributed by atoms with Crippen molar-refractivity contribution in [2.24, 2.45) is 0 Å². The zero-order valence-electron chi connectivity index (χ0n) is 7.13. The monoisotopic (exact) mass is 242 g/mol. The largest absolute Gasteiger partial charge is 0.241 e. The number of hydrogen-bond donors (Lipinski definition) is 0. The maximum atomic E-state index is 5.90. The molecule has 0 unspecified atom stereocenters. The van der Waals surface area contributed by atoms with Crippen molar-refractivity contribution in [2.75, 3.05) is 0 Å². The quantitative estimate of drug-likeness (QED) is 0.727. The lowest BCUT2D eigenvalue weighted by atomic mass is 10.2. The normalized spacial score (nSPS) is 10.5. The maximum Gasteiger partial charge on any atom is 0.0936 e. The first kappa shape index (κ1) is 9.97. The van der Waals surface area contributed by atoms with Crippen molar-refractivity contribution < 1.29 is 0 Å². The van der Waals surface area contributed by atoms with Gasteiger partial charge in [-0.3, -0.25) is 0 Å². The van der Waals surface area contributed by atoms with E-state index in [1.807, 2.05) is 11.4 Å². The fourth-order valence-corrected chi connectivity index (χ4v) is 1.98. The van der Waals surface area contributed by atoms with Crippen LogP contribution in [0.25, 0.3) is 11.3 Å². The van der Waals surface area contributed by atoms with Crippen LogP contribution in [-0.2, 0) is 0 Å². The van der Waals surface area contributed by atoms with Gasteiger partial charge in [0, 0.05) is 17.9 Å². The van der Waals surface area contributed by atoms with Crippen LogP contribution in [0.3, 0.4) is 0 Å². The SMILES string of the molecule is [CH2]c1nc(-c2ccc(Cl)c(Cl)c2)cs1. The Morgan fingerprint density at radius 2 is 2.00 bits per heavy atom. The maximum absolute atomic E-state index is 5.90. The smallest absolute Gasteiger partial charge is 0.0936 e. The molecule has 71 valence electrons. The van der Waals surface area contributed by atoms with E-state index in [0.29, 0.717) is 10.0 Å². The molecule has 1 nitrogen and oxygen atoms in total. The second kappa shape index (κ2) is 3.89. The van der Waals surface area contributed by atoms with Gasteiger partial charge >= 0.3 is 0 Å². The first-order chi connectivity index (χ1) is 6.66. The van der Waals surface area contributed by atoms with Crippen LogP contribution in [0.2, 0.25) is 10.0 Å². The van der Waals surface area contributed by atoms with E-state index in [4.69, 9.17) is 23.2 Å². The molecule has 0 bridgehead atoms. The standard InChI is InChI=1S/C10H6Cl2NS/c1-6-13-10(5-14-6)7-2-3-8(11)9(12)4-7/h2-5H,1H2. The van der Waals surface area contributed by atoms with Gasteiger partial charge in [-0.1, -0.05) is 29.3 Å². The van der Waals surface area contributed by atoms with E-state index < -0.39 is 0 Å². The second-order valence-electron chi connectivity index (χ2n) is 2.76. The van der Waals surface area contributed by atoms with Crippen LogP contribution >= 0.6 is 34.5 Å². The molecule has 0 saturated carbocycles. The first-order valence-electron chi connectivity index (χ1n) is 3.90. The fraction of sp³-hybridized carbons (Fsp3) is 0. The third-order valence-corrected chi connectivity index (χ3v) is 3.21. The third kappa shape index (κ3) is 1.92. The highest BCUT2D eigenvalue weighted by Gasteiger charge is 2.04. The summed E-state index contributed by atoms with van der Waals surface area (Å²) in [6.45, 7) is 3.76. The van der Waals surface area contributed by atoms with Crippen molar-refractivity contribution in [1.29, 1.82) is 0 Å². The molecule has 0 amide bonds. The molecule has 0 saturated heterocycles. The van der Waals surface area contributed by atoms with Gasteiger partial charge in [-0.25, -0.2) is 4.98 Å². The highest BCUT2D eigenvalue weighted by molar-refractivity contribution is 7.10. The van der Waals surface area contributed by atoms with E-state index in [1.165, 1.54) is 11.3 Å². The van der Waals surface area contributed by atoms with Crippen molar-refractivity contribution in [3.63, 3.8) is 0 Å². The molecule has 0 aliphatic rings. The minimum absolute atomic E-state index is 0.544. The van der Waals surface area contributed by atoms with Gasteiger partial charge in [-0.2, -0.15) is 0 Å². The summed E-state index contributed by atoms with van der Waals surface area (Å²) in [4.78, 5) is 4.26. The molecule has 0 aliphatic heterocycles. The van der Waals surface area contributed by atoms with Crippen LogP contribution < -0.4 is 0 Å². The van der Waals surface area contributed by atoms with Gasteiger partial charge in [0.25, 0.3) is 0 Å². The molecule has 0 spiro atoms. The molecule has 0 atom stereocenters. The number of thiazole rings is 1. The number of aromatic nitrogens is 1. The highest BCUT2D eigenvalue weighted by Crippen LogP contribution is 2.28. The van der Waals surface area contributed by atoms with Crippen molar-refractivity contribution >= 4 is 34.5 Å². The van der Waals surface area contributed by atoms with Crippen molar-refractivity contribution in [2.45, 2.75) is 0 Å². The summed E-state index contributed by atoms with van der Waals surface area (Å²) < 4.78 is 0. The Bertz CT molecular complexity index is 465. The molecule has 0 aliphatic carbocycles. The molecular formula is C10H6Cl2NS. The summed E-state index contributed by atoms with van der Waals surface area (Å²) in [6.07, 6.45) is 0. The van der Waals surface area contributed by atoms with E-state index in [-0.39, 0.29) is 0 Å². The molecule has 1 aromatic carbocycles. The van der Waals surface area contributed by atoms with E-state index in [1.54, 1.807) is 12.1 Å². The third-order valence-electron chi connectivity index (χ3n) is 1.77. The van der Waals surface area contributed by atoms with Crippen molar-refractivity contribution in [3.8, 4) is 11.3 Å². The van der Waals surface area contributed by atoms with Crippen molar-refractivity contribution in [1.82, 2.24) is 4.98 Å². The first-order valence-corrected chi connectivity index (χ1v) is 5.53. The Balaban J connectivity index is 2.47. The zero-order chi connectivity index (χ0) is 10.1. The number of halogens is 2. The van der Waals surface area contributed by atoms with Gasteiger partial charge in [0.1, 0.15) is 0 Å². The predicted molar refractivity (Wildman–Crippen MR) is 62.0 cm³/mol. The minimum atomic E-state index is 0.544. The van der Waals surface area contributed by atoms with Gasteiger partial charge in [0.05, 0.1) is 20.7 Å². The number of nitrogens with zero attached hydrogens (tertiary/aromatic N) is 1. The van der Waals surface area contributed by atoms with Crippen LogP contribution in [0.1, 0.15) is 5.01 Å². The summed E-state index contributed by atoms with van der Waals surface area (Å²) in [5.74, 6) is 0. The second-order valence-corrected chi connectivity index (χ2v) is 4.51. The lowest BCUT2D eigenvalue weighted by molar-refractivity contribution is 1.36. The Morgan fingerprint density at radius 1 is 1.21 bits per heavy atom. The molecule has 14 heavy (non-hydrogen) atoms. The molecule has 2 aromatic rings. The van der Waals surface area contributed by atoms with Gasteiger partial charge in [-0.15, -0.1) is 11.3 Å². The molecular weight excluding hydrogens is 237 g/mol. The summed E-state index contributed by atoms with van der Waals surface area (Å²) >= 11 is 13.2. The van der Waals surface area contributed by atoms with Crippen LogP contribution in [0.5, 0.6) is 0 Å². The topological polar surface area (TPSA) is 12.9 Å². The molecule has 2 rings (SSSR count). The lowest BCUT2D eigenvalue weighted by Gasteiger charge is -1.99. The lowest BCUT2D eigenvalue weighted by Crippen LogP contribution is -1.78. The number of benzene rings is 1. The number of rotatable bonds is 1. The highest BCUT2D eigenvalue weighted by atomic mass is 35.5. The van der Waals surface area contributed by atoms with E-state index in [9.17, 15) is 0 Å². The van der Waals surface area contributed by atoms with Gasteiger partial charge in [-0.05, 0) is 12.1 Å². The summed E-state index contributed by atoms with van der Waals surface area (Å²) in [6, 6.07) is 5.46. The average Bonchev–Trinajstić information content (AvgIpc) is 2.57. The average molecular weight is 243 g/mol. The molecule has 4 heteroatoms. The summed E-state index contributed by atoms with van der Waals surface area (Å²) in [5, 5.41) is 3.84. The molecule has 0 N–H and O–H groups in total. The van der Waals surface area contributed by atoms with Crippen LogP contribution in [0, 0.1) is 6.92 Å². The molecule has 0 fully saturated rings. The van der Waals surface area contributed by atoms with Gasteiger partial charge in [0.2, 0.25) is 0 Å². The van der Waals surface area contributed by atoms with Gasteiger partial charge in [0.15, 0.2) is 0 Å². The zero-order valence-corrected chi connectivity index (χ0v) is 9.46. The fourth-order valence-electron chi connectivity index (χ4n) is 1.10. The van der Waals surface area contributed by atoms with Crippen LogP contribution in [0.15, 0.2) is 23.6 Å². The molecule has 1 heterocycles. The Hall–Kier alpha value is -0.570. The minimum Gasteiger partial charge on any atom is -0.241 e. The van der Waals surface area contributed by atoms with E-state index in [0.717, 1.165) is 16.3 Å². The van der Waals surface area contributed by atoms with E-state index in [2.05, 4.69) is 11.9 Å². The Morgan fingerprint density at radius 3 is 2.57 bits per heavy atom. The number of hydrogen-bond acceptors (Lipinski definition) is 2. The Kier molecular flexibility index (Phi) is 2.77. The summed E-state index contributed by atoms with van der Waals surface area (Å²) in [5.41, 5.74) is 1.85. The summed E-state index contributed by atoms with van der Waals surface area (Å²) in [7, 11) is 0. The van der Waals surface area contributed by atoms with E-state index >= 15 is 0 Å². The van der Waals surface area contributed by atoms with Gasteiger partial charge < -0.3 is 0 Å². The van der Waals surface area contributed by atoms with Crippen molar-refractivity contribution in [3.05, 3.63) is 45.6 Å². The predicted octanol–water partition coefficient (Wildman–Crippen LogP) is 4.30. The molecule has 1 aromatic heterocycles.